The van der Waals surface area contributed by atoms with Crippen LogP contribution in [-0.4, -0.2) is 61.9 Å². The van der Waals surface area contributed by atoms with Crippen molar-refractivity contribution in [2.75, 3.05) is 45.3 Å². The first-order chi connectivity index (χ1) is 14.4. The van der Waals surface area contributed by atoms with Crippen LogP contribution in [0.4, 0.5) is 16.2 Å². The molecule has 0 saturated carbocycles. The molecule has 3 rings (SSSR count). The lowest BCUT2D eigenvalue weighted by molar-refractivity contribution is -0.151. The lowest BCUT2D eigenvalue weighted by Gasteiger charge is -2.31. The molecule has 1 saturated heterocycles. The predicted octanol–water partition coefficient (Wildman–Crippen LogP) is 4.16. The summed E-state index contributed by atoms with van der Waals surface area (Å²) in [5, 5.41) is 4.10. The summed E-state index contributed by atoms with van der Waals surface area (Å²) in [7, 11) is 2.00. The third-order valence-electron chi connectivity index (χ3n) is 4.74. The highest BCUT2D eigenvalue weighted by atomic mass is 35.5. The van der Waals surface area contributed by atoms with Crippen LogP contribution < -0.4 is 5.32 Å². The van der Waals surface area contributed by atoms with Gasteiger partial charge in [-0.25, -0.2) is 4.79 Å². The Morgan fingerprint density at radius 2 is 1.63 bits per heavy atom. The smallest absolute Gasteiger partial charge is 0.412 e. The van der Waals surface area contributed by atoms with Crippen molar-refractivity contribution in [1.29, 1.82) is 0 Å². The number of piperazine rings is 1. The first-order valence-electron chi connectivity index (χ1n) is 9.49. The zero-order chi connectivity index (χ0) is 21.5. The summed E-state index contributed by atoms with van der Waals surface area (Å²) in [5.74, 6) is -0.513. The van der Waals surface area contributed by atoms with E-state index in [4.69, 9.17) is 32.7 Å². The minimum absolute atomic E-state index is 0.00267. The van der Waals surface area contributed by atoms with E-state index in [0.29, 0.717) is 40.1 Å². The number of benzene rings is 2. The van der Waals surface area contributed by atoms with Crippen molar-refractivity contribution in [3.05, 3.63) is 58.1 Å². The normalized spacial score (nSPS) is 14.3. The Bertz CT molecular complexity index is 881. The highest BCUT2D eigenvalue weighted by molar-refractivity contribution is 6.39. The Labute approximate surface area is 185 Å². The van der Waals surface area contributed by atoms with Gasteiger partial charge in [0.1, 0.15) is 0 Å². The van der Waals surface area contributed by atoms with Crippen LogP contribution in [0.15, 0.2) is 42.5 Å². The second-order valence-electron chi connectivity index (χ2n) is 6.89. The molecular weight excluding hydrogens is 429 g/mol. The van der Waals surface area contributed by atoms with Crippen LogP contribution in [0.25, 0.3) is 0 Å². The van der Waals surface area contributed by atoms with E-state index in [1.165, 1.54) is 0 Å². The number of likely N-dealkylation sites (N-methyl/N-ethyl adjacent to an activating group) is 1. The number of halogens is 2. The van der Waals surface area contributed by atoms with Gasteiger partial charge in [0, 0.05) is 31.9 Å². The van der Waals surface area contributed by atoms with Crippen LogP contribution in [0.3, 0.4) is 0 Å². The van der Waals surface area contributed by atoms with Gasteiger partial charge in [0.05, 0.1) is 22.2 Å². The van der Waals surface area contributed by atoms with E-state index >= 15 is 0 Å². The molecule has 1 aliphatic rings. The lowest BCUT2D eigenvalue weighted by atomic mass is 10.1. The number of esters is 1. The van der Waals surface area contributed by atoms with Crippen LogP contribution in [0.2, 0.25) is 10.0 Å². The van der Waals surface area contributed by atoms with Gasteiger partial charge in [-0.15, -0.1) is 0 Å². The zero-order valence-electron chi connectivity index (χ0n) is 16.6. The Morgan fingerprint density at radius 3 is 2.33 bits per heavy atom. The topological polar surface area (TPSA) is 71.1 Å². The number of amides is 1. The van der Waals surface area contributed by atoms with Crippen LogP contribution in [0.5, 0.6) is 0 Å². The van der Waals surface area contributed by atoms with Gasteiger partial charge in [-0.3, -0.25) is 4.79 Å². The van der Waals surface area contributed by atoms with Gasteiger partial charge in [0.15, 0.2) is 0 Å². The Hall–Kier alpha value is -2.48. The number of carbonyl (C=O) groups is 2. The maximum atomic E-state index is 12.2. The molecule has 0 aliphatic carbocycles. The van der Waals surface area contributed by atoms with Crippen molar-refractivity contribution in [3.63, 3.8) is 0 Å². The van der Waals surface area contributed by atoms with E-state index in [1.807, 2.05) is 25.2 Å². The second-order valence-corrected chi connectivity index (χ2v) is 7.70. The van der Waals surface area contributed by atoms with Crippen LogP contribution in [0, 0.1) is 0 Å². The van der Waals surface area contributed by atoms with Crippen LogP contribution in [-0.2, 0) is 20.7 Å². The third kappa shape index (κ3) is 6.01. The minimum atomic E-state index is -0.513. The highest BCUT2D eigenvalue weighted by Crippen LogP contribution is 2.33. The fraction of sp³-hybridized carbons (Fsp3) is 0.333. The molecule has 0 spiro atoms. The average molecular weight is 452 g/mol. The molecule has 2 aromatic rings. The second kappa shape index (κ2) is 10.5. The molecule has 1 N–H and O–H groups in total. The van der Waals surface area contributed by atoms with E-state index in [9.17, 15) is 9.59 Å². The number of rotatable bonds is 6. The number of ether oxygens (including phenoxy) is 2. The first-order valence-corrected chi connectivity index (χ1v) is 10.2. The summed E-state index contributed by atoms with van der Waals surface area (Å²) in [6.45, 7) is 2.33. The molecule has 0 radical (unpaired) electrons. The molecular formula is C21H23Cl2N3O4. The van der Waals surface area contributed by atoms with E-state index in [2.05, 4.69) is 10.2 Å². The number of hydrogen-bond donors (Lipinski definition) is 1. The number of carbonyl (C=O) groups excluding carboxylic acids is 2. The molecule has 2 aromatic carbocycles. The summed E-state index contributed by atoms with van der Waals surface area (Å²) in [6.07, 6.45) is -0.483. The molecule has 9 heteroatoms. The number of para-hydroxylation sites is 2. The summed E-state index contributed by atoms with van der Waals surface area (Å²) >= 11 is 12.4. The number of nitrogens with zero attached hydrogens (tertiary/aromatic N) is 2. The number of anilines is 2. The monoisotopic (exact) mass is 451 g/mol. The molecule has 1 fully saturated rings. The molecule has 30 heavy (non-hydrogen) atoms. The summed E-state index contributed by atoms with van der Waals surface area (Å²) < 4.78 is 10.1. The van der Waals surface area contributed by atoms with E-state index < -0.39 is 18.9 Å². The molecule has 1 aliphatic heterocycles. The van der Waals surface area contributed by atoms with Crippen molar-refractivity contribution < 1.29 is 19.1 Å². The van der Waals surface area contributed by atoms with Gasteiger partial charge in [-0.05, 0) is 30.8 Å². The summed E-state index contributed by atoms with van der Waals surface area (Å²) in [4.78, 5) is 28.0. The van der Waals surface area contributed by atoms with Gasteiger partial charge >= 0.3 is 12.1 Å². The average Bonchev–Trinajstić information content (AvgIpc) is 2.72. The SMILES string of the molecule is CN1CCN(C(=O)OCOC(=O)Cc2ccccc2Nc2c(Cl)cccc2Cl)CC1. The molecule has 160 valence electrons. The highest BCUT2D eigenvalue weighted by Gasteiger charge is 2.20. The van der Waals surface area contributed by atoms with Gasteiger partial charge < -0.3 is 24.6 Å². The van der Waals surface area contributed by atoms with Crippen molar-refractivity contribution in [3.8, 4) is 0 Å². The maximum Gasteiger partial charge on any atom is 0.412 e. The van der Waals surface area contributed by atoms with Crippen LogP contribution >= 0.6 is 23.2 Å². The van der Waals surface area contributed by atoms with E-state index in [0.717, 1.165) is 13.1 Å². The van der Waals surface area contributed by atoms with Gasteiger partial charge in [-0.1, -0.05) is 47.5 Å². The van der Waals surface area contributed by atoms with Crippen molar-refractivity contribution in [2.24, 2.45) is 0 Å². The van der Waals surface area contributed by atoms with Crippen molar-refractivity contribution >= 4 is 46.6 Å². The van der Waals surface area contributed by atoms with Gasteiger partial charge in [0.25, 0.3) is 0 Å². The lowest BCUT2D eigenvalue weighted by Crippen LogP contribution is -2.47. The summed E-state index contributed by atoms with van der Waals surface area (Å²) in [6, 6.07) is 12.5. The Kier molecular flexibility index (Phi) is 7.79. The fourth-order valence-electron chi connectivity index (χ4n) is 2.98. The van der Waals surface area contributed by atoms with E-state index in [-0.39, 0.29) is 6.42 Å². The molecule has 0 aromatic heterocycles. The van der Waals surface area contributed by atoms with E-state index in [1.54, 1.807) is 29.2 Å². The molecule has 7 nitrogen and oxygen atoms in total. The number of nitrogens with one attached hydrogen (secondary N) is 1. The predicted molar refractivity (Wildman–Crippen MR) is 116 cm³/mol. The summed E-state index contributed by atoms with van der Waals surface area (Å²) in [5.41, 5.74) is 1.94. The number of hydrogen-bond acceptors (Lipinski definition) is 6. The third-order valence-corrected chi connectivity index (χ3v) is 5.37. The Balaban J connectivity index is 1.53. The molecule has 0 bridgehead atoms. The quantitative estimate of drug-likeness (QED) is 0.524. The zero-order valence-corrected chi connectivity index (χ0v) is 18.1. The van der Waals surface area contributed by atoms with Crippen molar-refractivity contribution in [1.82, 2.24) is 9.80 Å². The van der Waals surface area contributed by atoms with Crippen molar-refractivity contribution in [2.45, 2.75) is 6.42 Å². The molecule has 0 atom stereocenters. The molecule has 1 amide bonds. The Morgan fingerprint density at radius 1 is 0.967 bits per heavy atom. The standard InChI is InChI=1S/C21H23Cl2N3O4/c1-25-9-11-26(12-10-25)21(28)30-14-29-19(27)13-15-5-2-3-8-18(15)24-20-16(22)6-4-7-17(20)23/h2-8,24H,9-14H2,1H3. The minimum Gasteiger partial charge on any atom is -0.428 e. The van der Waals surface area contributed by atoms with Gasteiger partial charge in [-0.2, -0.15) is 0 Å². The largest absolute Gasteiger partial charge is 0.428 e. The maximum absolute atomic E-state index is 12.2. The molecule has 1 heterocycles. The molecule has 0 unspecified atom stereocenters. The first kappa shape index (κ1) is 22.2. The van der Waals surface area contributed by atoms with Gasteiger partial charge in [0.2, 0.25) is 6.79 Å². The van der Waals surface area contributed by atoms with Crippen LogP contribution in [0.1, 0.15) is 5.56 Å². The fourth-order valence-corrected chi connectivity index (χ4v) is 3.47.